The minimum atomic E-state index is -3.54. The third kappa shape index (κ3) is 5.02. The zero-order valence-electron chi connectivity index (χ0n) is 15.4. The molecule has 0 radical (unpaired) electrons. The summed E-state index contributed by atoms with van der Waals surface area (Å²) < 4.78 is 31.8. The number of halogens is 1. The van der Waals surface area contributed by atoms with Gasteiger partial charge in [0.15, 0.2) is 0 Å². The molecule has 28 heavy (non-hydrogen) atoms. The van der Waals surface area contributed by atoms with Crippen molar-refractivity contribution in [3.05, 3.63) is 53.1 Å². The molecule has 0 saturated carbocycles. The van der Waals surface area contributed by atoms with Crippen molar-refractivity contribution in [3.63, 3.8) is 0 Å². The Morgan fingerprint density at radius 1 is 1.14 bits per heavy atom. The highest BCUT2D eigenvalue weighted by molar-refractivity contribution is 7.89. The second-order valence-corrected chi connectivity index (χ2v) is 8.78. The molecule has 2 N–H and O–H groups in total. The van der Waals surface area contributed by atoms with Crippen molar-refractivity contribution in [2.24, 2.45) is 0 Å². The largest absolute Gasteiger partial charge is 0.379 e. The number of nitrogens with zero attached hydrogens (tertiary/aromatic N) is 1. The minimum Gasteiger partial charge on any atom is -0.379 e. The Labute approximate surface area is 169 Å². The van der Waals surface area contributed by atoms with Crippen LogP contribution in [0.25, 0.3) is 0 Å². The van der Waals surface area contributed by atoms with Crippen molar-refractivity contribution in [3.8, 4) is 0 Å². The van der Waals surface area contributed by atoms with Crippen LogP contribution in [0.4, 0.5) is 11.4 Å². The topological polar surface area (TPSA) is 87.7 Å². The first-order valence-electron chi connectivity index (χ1n) is 8.84. The van der Waals surface area contributed by atoms with Crippen LogP contribution in [0.2, 0.25) is 5.02 Å². The van der Waals surface area contributed by atoms with Crippen LogP contribution < -0.4 is 10.6 Å². The fourth-order valence-corrected chi connectivity index (χ4v) is 4.49. The second kappa shape index (κ2) is 8.91. The molecule has 2 aromatic rings. The van der Waals surface area contributed by atoms with Gasteiger partial charge in [0.2, 0.25) is 15.9 Å². The Morgan fingerprint density at radius 3 is 2.46 bits per heavy atom. The number of carbonyl (C=O) groups excluding carboxylic acids is 1. The molecule has 0 aliphatic carbocycles. The van der Waals surface area contributed by atoms with E-state index in [1.54, 1.807) is 18.2 Å². The fraction of sp³-hybridized carbons (Fsp3) is 0.316. The predicted molar refractivity (Wildman–Crippen MR) is 109 cm³/mol. The molecule has 0 bridgehead atoms. The number of benzene rings is 2. The van der Waals surface area contributed by atoms with E-state index >= 15 is 0 Å². The van der Waals surface area contributed by atoms with Gasteiger partial charge >= 0.3 is 0 Å². The average molecular weight is 424 g/mol. The molecule has 1 fully saturated rings. The van der Waals surface area contributed by atoms with Gasteiger partial charge in [0.1, 0.15) is 0 Å². The molecule has 0 spiro atoms. The molecule has 0 atom stereocenters. The summed E-state index contributed by atoms with van der Waals surface area (Å²) in [6.45, 7) is 3.46. The van der Waals surface area contributed by atoms with E-state index < -0.39 is 10.0 Å². The summed E-state index contributed by atoms with van der Waals surface area (Å²) in [5, 5.41) is 6.44. The zero-order valence-corrected chi connectivity index (χ0v) is 17.0. The van der Waals surface area contributed by atoms with Gasteiger partial charge in [-0.05, 0) is 55.0 Å². The highest BCUT2D eigenvalue weighted by Crippen LogP contribution is 2.21. The first kappa shape index (κ1) is 20.6. The van der Waals surface area contributed by atoms with E-state index in [0.717, 1.165) is 11.3 Å². The van der Waals surface area contributed by atoms with Crippen LogP contribution in [0.3, 0.4) is 0 Å². The first-order chi connectivity index (χ1) is 13.4. The van der Waals surface area contributed by atoms with Gasteiger partial charge in [-0.2, -0.15) is 4.31 Å². The van der Waals surface area contributed by atoms with E-state index in [9.17, 15) is 13.2 Å². The van der Waals surface area contributed by atoms with Gasteiger partial charge in [-0.15, -0.1) is 0 Å². The van der Waals surface area contributed by atoms with Gasteiger partial charge in [-0.25, -0.2) is 8.42 Å². The molecule has 1 aliphatic heterocycles. The predicted octanol–water partition coefficient (Wildman–Crippen LogP) is 2.72. The molecular weight excluding hydrogens is 402 g/mol. The second-order valence-electron chi connectivity index (χ2n) is 6.40. The lowest BCUT2D eigenvalue weighted by Gasteiger charge is -2.26. The lowest BCUT2D eigenvalue weighted by atomic mass is 10.2. The number of carbonyl (C=O) groups is 1. The standard InChI is InChI=1S/C19H22ClN3O4S/c1-14-12-15(20)2-7-18(14)21-13-19(24)22-16-3-5-17(6-4-16)28(25,26)23-8-10-27-11-9-23/h2-7,12,21H,8-11,13H2,1H3,(H,22,24). The third-order valence-electron chi connectivity index (χ3n) is 4.37. The fourth-order valence-electron chi connectivity index (χ4n) is 2.85. The number of aryl methyl sites for hydroxylation is 1. The number of amides is 1. The van der Waals surface area contributed by atoms with Crippen molar-refractivity contribution in [2.45, 2.75) is 11.8 Å². The van der Waals surface area contributed by atoms with E-state index in [-0.39, 0.29) is 17.3 Å². The number of hydrogen-bond donors (Lipinski definition) is 2. The number of hydrogen-bond acceptors (Lipinski definition) is 5. The van der Waals surface area contributed by atoms with E-state index in [2.05, 4.69) is 10.6 Å². The summed E-state index contributed by atoms with van der Waals surface area (Å²) in [6.07, 6.45) is 0. The monoisotopic (exact) mass is 423 g/mol. The number of anilines is 2. The Hall–Kier alpha value is -2.13. The summed E-state index contributed by atoms with van der Waals surface area (Å²) in [6, 6.07) is 11.5. The summed E-state index contributed by atoms with van der Waals surface area (Å²) in [5.74, 6) is -0.238. The Balaban J connectivity index is 1.58. The van der Waals surface area contributed by atoms with Crippen molar-refractivity contribution in [2.75, 3.05) is 43.5 Å². The van der Waals surface area contributed by atoms with Gasteiger partial charge in [0, 0.05) is 29.5 Å². The average Bonchev–Trinajstić information content (AvgIpc) is 2.68. The van der Waals surface area contributed by atoms with Gasteiger partial charge in [0.05, 0.1) is 24.7 Å². The maximum absolute atomic E-state index is 12.6. The van der Waals surface area contributed by atoms with Crippen molar-refractivity contribution in [1.82, 2.24) is 4.31 Å². The molecule has 1 saturated heterocycles. The number of morpholine rings is 1. The molecule has 3 rings (SSSR count). The molecule has 9 heteroatoms. The maximum Gasteiger partial charge on any atom is 0.243 e. The van der Waals surface area contributed by atoms with E-state index in [1.165, 1.54) is 16.4 Å². The lowest BCUT2D eigenvalue weighted by Crippen LogP contribution is -2.40. The Morgan fingerprint density at radius 2 is 1.82 bits per heavy atom. The Kier molecular flexibility index (Phi) is 6.56. The molecule has 0 unspecified atom stereocenters. The van der Waals surface area contributed by atoms with Crippen LogP contribution >= 0.6 is 11.6 Å². The zero-order chi connectivity index (χ0) is 20.1. The van der Waals surface area contributed by atoms with Gasteiger partial charge in [-0.1, -0.05) is 11.6 Å². The third-order valence-corrected chi connectivity index (χ3v) is 6.52. The van der Waals surface area contributed by atoms with E-state index in [0.29, 0.717) is 37.0 Å². The summed E-state index contributed by atoms with van der Waals surface area (Å²) in [7, 11) is -3.54. The first-order valence-corrected chi connectivity index (χ1v) is 10.7. The lowest BCUT2D eigenvalue weighted by molar-refractivity contribution is -0.114. The number of ether oxygens (including phenoxy) is 1. The van der Waals surface area contributed by atoms with Gasteiger partial charge in [-0.3, -0.25) is 4.79 Å². The van der Waals surface area contributed by atoms with Crippen LogP contribution in [0.15, 0.2) is 47.4 Å². The van der Waals surface area contributed by atoms with Crippen LogP contribution in [0.5, 0.6) is 0 Å². The van der Waals surface area contributed by atoms with Crippen molar-refractivity contribution < 1.29 is 17.9 Å². The molecule has 7 nitrogen and oxygen atoms in total. The van der Waals surface area contributed by atoms with Gasteiger partial charge in [0.25, 0.3) is 0 Å². The smallest absolute Gasteiger partial charge is 0.243 e. The normalized spacial score (nSPS) is 15.2. The van der Waals surface area contributed by atoms with Crippen LogP contribution in [-0.2, 0) is 19.6 Å². The van der Waals surface area contributed by atoms with Crippen molar-refractivity contribution >= 4 is 38.9 Å². The minimum absolute atomic E-state index is 0.0797. The SMILES string of the molecule is Cc1cc(Cl)ccc1NCC(=O)Nc1ccc(S(=O)(=O)N2CCOCC2)cc1. The molecular formula is C19H22ClN3O4S. The van der Waals surface area contributed by atoms with Crippen molar-refractivity contribution in [1.29, 1.82) is 0 Å². The molecule has 1 heterocycles. The summed E-state index contributed by atoms with van der Waals surface area (Å²) in [4.78, 5) is 12.3. The van der Waals surface area contributed by atoms with Crippen LogP contribution in [-0.4, -0.2) is 51.5 Å². The molecule has 0 aromatic heterocycles. The number of rotatable bonds is 6. The molecule has 1 aliphatic rings. The number of sulfonamides is 1. The number of nitrogens with one attached hydrogen (secondary N) is 2. The van der Waals surface area contributed by atoms with Crippen LogP contribution in [0, 0.1) is 6.92 Å². The van der Waals surface area contributed by atoms with Gasteiger partial charge < -0.3 is 15.4 Å². The maximum atomic E-state index is 12.6. The highest BCUT2D eigenvalue weighted by Gasteiger charge is 2.26. The highest BCUT2D eigenvalue weighted by atomic mass is 35.5. The summed E-state index contributed by atoms with van der Waals surface area (Å²) >= 11 is 5.92. The molecule has 1 amide bonds. The van der Waals surface area contributed by atoms with E-state index in [1.807, 2.05) is 19.1 Å². The van der Waals surface area contributed by atoms with Crippen LogP contribution in [0.1, 0.15) is 5.56 Å². The van der Waals surface area contributed by atoms with E-state index in [4.69, 9.17) is 16.3 Å². The molecule has 2 aromatic carbocycles. The quantitative estimate of drug-likeness (QED) is 0.745. The molecule has 150 valence electrons. The Bertz CT molecular complexity index is 942. The summed E-state index contributed by atoms with van der Waals surface area (Å²) in [5.41, 5.74) is 2.30.